The van der Waals surface area contributed by atoms with Crippen LogP contribution in [0.2, 0.25) is 0 Å². The van der Waals surface area contributed by atoms with Crippen molar-refractivity contribution in [3.8, 4) is 0 Å². The standard InChI is InChI=1S/C34H46F4O/c1-3-5-7-23-9-13-25(14-10-23)33(27-17-19-29(35)31(37)21-27)39-34(28-18-20-30(36)32(38)22-28)26-15-11-24(12-16-26)8-6-4-2/h17-26,33-34H,3-16H2,1-2H3/t23-,24-,25-,26-,33?,34?. The van der Waals surface area contributed by atoms with Crippen LogP contribution in [-0.2, 0) is 4.74 Å². The molecule has 2 aromatic rings. The van der Waals surface area contributed by atoms with Gasteiger partial charge in [0.1, 0.15) is 0 Å². The van der Waals surface area contributed by atoms with Crippen LogP contribution in [0.1, 0.15) is 127 Å². The fourth-order valence-electron chi connectivity index (χ4n) is 7.01. The molecule has 39 heavy (non-hydrogen) atoms. The molecule has 4 rings (SSSR count). The van der Waals surface area contributed by atoms with Crippen LogP contribution < -0.4 is 0 Å². The molecule has 2 unspecified atom stereocenters. The van der Waals surface area contributed by atoms with Crippen molar-refractivity contribution in [2.45, 2.75) is 116 Å². The van der Waals surface area contributed by atoms with Crippen LogP contribution in [0, 0.1) is 46.9 Å². The zero-order valence-corrected chi connectivity index (χ0v) is 23.7. The maximum Gasteiger partial charge on any atom is 0.159 e. The molecule has 0 N–H and O–H groups in total. The van der Waals surface area contributed by atoms with E-state index in [0.29, 0.717) is 23.0 Å². The van der Waals surface area contributed by atoms with E-state index in [1.54, 1.807) is 12.1 Å². The van der Waals surface area contributed by atoms with Gasteiger partial charge in [-0.3, -0.25) is 0 Å². The first-order valence-corrected chi connectivity index (χ1v) is 15.4. The molecule has 1 nitrogen and oxygen atoms in total. The van der Waals surface area contributed by atoms with E-state index in [9.17, 15) is 17.6 Å². The van der Waals surface area contributed by atoms with Crippen LogP contribution in [0.5, 0.6) is 0 Å². The Morgan fingerprint density at radius 1 is 0.590 bits per heavy atom. The average molecular weight is 547 g/mol. The Bertz CT molecular complexity index is 942. The van der Waals surface area contributed by atoms with Gasteiger partial charge in [-0.1, -0.05) is 90.2 Å². The molecule has 2 atom stereocenters. The summed E-state index contributed by atoms with van der Waals surface area (Å²) in [5.74, 6) is -1.76. The van der Waals surface area contributed by atoms with Gasteiger partial charge in [-0.15, -0.1) is 0 Å². The molecular weight excluding hydrogens is 500 g/mol. The summed E-state index contributed by atoms with van der Waals surface area (Å²) in [5.41, 5.74) is 1.27. The molecule has 2 aliphatic rings. The topological polar surface area (TPSA) is 9.23 Å². The van der Waals surface area contributed by atoms with Gasteiger partial charge in [-0.05, 0) is 84.7 Å². The van der Waals surface area contributed by atoms with Gasteiger partial charge < -0.3 is 4.74 Å². The van der Waals surface area contributed by atoms with E-state index >= 15 is 0 Å². The molecule has 216 valence electrons. The predicted octanol–water partition coefficient (Wildman–Crippen LogP) is 11.0. The van der Waals surface area contributed by atoms with Crippen LogP contribution >= 0.6 is 0 Å². The lowest BCUT2D eigenvalue weighted by Gasteiger charge is -2.40. The van der Waals surface area contributed by atoms with Crippen molar-refractivity contribution in [2.24, 2.45) is 23.7 Å². The van der Waals surface area contributed by atoms with Gasteiger partial charge in [0.2, 0.25) is 0 Å². The summed E-state index contributed by atoms with van der Waals surface area (Å²) in [4.78, 5) is 0. The summed E-state index contributed by atoms with van der Waals surface area (Å²) in [7, 11) is 0. The molecule has 0 aliphatic heterocycles. The van der Waals surface area contributed by atoms with E-state index < -0.39 is 35.5 Å². The summed E-state index contributed by atoms with van der Waals surface area (Å²) in [6.07, 6.45) is 14.7. The average Bonchev–Trinajstić information content (AvgIpc) is 2.95. The lowest BCUT2D eigenvalue weighted by atomic mass is 9.75. The molecular formula is C34H46F4O. The smallest absolute Gasteiger partial charge is 0.159 e. The Balaban J connectivity index is 1.60. The summed E-state index contributed by atoms with van der Waals surface area (Å²) in [5, 5.41) is 0. The Morgan fingerprint density at radius 3 is 1.31 bits per heavy atom. The van der Waals surface area contributed by atoms with Crippen molar-refractivity contribution in [3.05, 3.63) is 70.8 Å². The molecule has 0 aromatic heterocycles. The van der Waals surface area contributed by atoms with Gasteiger partial charge in [-0.2, -0.15) is 0 Å². The van der Waals surface area contributed by atoms with Crippen molar-refractivity contribution in [1.82, 2.24) is 0 Å². The third-order valence-corrected chi connectivity index (χ3v) is 9.41. The highest BCUT2D eigenvalue weighted by Gasteiger charge is 2.36. The highest BCUT2D eigenvalue weighted by molar-refractivity contribution is 5.24. The van der Waals surface area contributed by atoms with Gasteiger partial charge in [0.15, 0.2) is 23.3 Å². The van der Waals surface area contributed by atoms with Crippen LogP contribution in [0.3, 0.4) is 0 Å². The van der Waals surface area contributed by atoms with Crippen molar-refractivity contribution in [3.63, 3.8) is 0 Å². The molecule has 2 aliphatic carbocycles. The quantitative estimate of drug-likeness (QED) is 0.241. The highest BCUT2D eigenvalue weighted by Crippen LogP contribution is 2.47. The molecule has 0 amide bonds. The van der Waals surface area contributed by atoms with E-state index in [2.05, 4.69) is 13.8 Å². The number of hydrogen-bond donors (Lipinski definition) is 0. The van der Waals surface area contributed by atoms with Gasteiger partial charge in [-0.25, -0.2) is 17.6 Å². The van der Waals surface area contributed by atoms with Crippen molar-refractivity contribution in [1.29, 1.82) is 0 Å². The number of rotatable bonds is 12. The van der Waals surface area contributed by atoms with E-state index in [1.807, 2.05) is 0 Å². The van der Waals surface area contributed by atoms with E-state index in [1.165, 1.54) is 62.8 Å². The van der Waals surface area contributed by atoms with Crippen LogP contribution in [0.25, 0.3) is 0 Å². The number of halogens is 4. The van der Waals surface area contributed by atoms with Gasteiger partial charge in [0.25, 0.3) is 0 Å². The number of ether oxygens (including phenoxy) is 1. The minimum atomic E-state index is -0.876. The maximum atomic E-state index is 14.4. The minimum absolute atomic E-state index is 0.168. The highest BCUT2D eigenvalue weighted by atomic mass is 19.2. The fourth-order valence-corrected chi connectivity index (χ4v) is 7.01. The third-order valence-electron chi connectivity index (χ3n) is 9.41. The van der Waals surface area contributed by atoms with Gasteiger partial charge in [0.05, 0.1) is 12.2 Å². The van der Waals surface area contributed by atoms with Crippen molar-refractivity contribution >= 4 is 0 Å². The number of benzene rings is 2. The zero-order valence-electron chi connectivity index (χ0n) is 23.7. The molecule has 0 radical (unpaired) electrons. The Kier molecular flexibility index (Phi) is 11.3. The third kappa shape index (κ3) is 8.08. The lowest BCUT2D eigenvalue weighted by Crippen LogP contribution is -2.28. The summed E-state index contributed by atoms with van der Waals surface area (Å²) >= 11 is 0. The van der Waals surface area contributed by atoms with Gasteiger partial charge >= 0.3 is 0 Å². The first-order chi connectivity index (χ1) is 18.9. The molecule has 2 fully saturated rings. The van der Waals surface area contributed by atoms with Crippen molar-refractivity contribution < 1.29 is 22.3 Å². The van der Waals surface area contributed by atoms with Crippen LogP contribution in [0.15, 0.2) is 36.4 Å². The molecule has 0 bridgehead atoms. The molecule has 2 aromatic carbocycles. The maximum absolute atomic E-state index is 14.4. The predicted molar refractivity (Wildman–Crippen MR) is 149 cm³/mol. The summed E-state index contributed by atoms with van der Waals surface area (Å²) in [6.45, 7) is 4.43. The number of hydrogen-bond acceptors (Lipinski definition) is 1. The Morgan fingerprint density at radius 2 is 0.974 bits per heavy atom. The largest absolute Gasteiger partial charge is 0.365 e. The van der Waals surface area contributed by atoms with Crippen LogP contribution in [0.4, 0.5) is 17.6 Å². The SMILES string of the molecule is CCCC[C@H]1CC[C@H](C(OC(c2ccc(F)c(F)c2)[C@H]2CC[C@H](CCCC)CC2)c2ccc(F)c(F)c2)CC1. The zero-order chi connectivity index (χ0) is 27.8. The first-order valence-electron chi connectivity index (χ1n) is 15.4. The first kappa shape index (κ1) is 30.1. The molecule has 5 heteroatoms. The second-order valence-electron chi connectivity index (χ2n) is 12.2. The number of unbranched alkanes of at least 4 members (excludes halogenated alkanes) is 2. The molecule has 2 saturated carbocycles. The fraction of sp³-hybridized carbons (Fsp3) is 0.647. The Hall–Kier alpha value is -1.88. The monoisotopic (exact) mass is 546 g/mol. The normalized spacial score (nSPS) is 25.4. The van der Waals surface area contributed by atoms with E-state index in [-0.39, 0.29) is 11.8 Å². The second-order valence-corrected chi connectivity index (χ2v) is 12.2. The van der Waals surface area contributed by atoms with Crippen molar-refractivity contribution in [2.75, 3.05) is 0 Å². The summed E-state index contributed by atoms with van der Waals surface area (Å²) < 4.78 is 63.6. The van der Waals surface area contributed by atoms with E-state index in [0.717, 1.165) is 51.4 Å². The minimum Gasteiger partial charge on any atom is -0.365 e. The van der Waals surface area contributed by atoms with E-state index in [4.69, 9.17) is 4.74 Å². The molecule has 0 saturated heterocycles. The Labute approximate surface area is 232 Å². The summed E-state index contributed by atoms with van der Waals surface area (Å²) in [6, 6.07) is 8.17. The van der Waals surface area contributed by atoms with Crippen LogP contribution in [-0.4, -0.2) is 0 Å². The lowest BCUT2D eigenvalue weighted by molar-refractivity contribution is -0.0910. The second kappa shape index (κ2) is 14.7. The van der Waals surface area contributed by atoms with Gasteiger partial charge in [0, 0.05) is 0 Å². The molecule has 0 heterocycles. The molecule has 0 spiro atoms.